The van der Waals surface area contributed by atoms with E-state index < -0.39 is 4.92 Å². The summed E-state index contributed by atoms with van der Waals surface area (Å²) in [6.45, 7) is 0. The predicted molar refractivity (Wildman–Crippen MR) is 101 cm³/mol. The van der Waals surface area contributed by atoms with E-state index in [-0.39, 0.29) is 17.0 Å². The van der Waals surface area contributed by atoms with Crippen molar-refractivity contribution in [1.29, 1.82) is 0 Å². The molecule has 1 amide bonds. The van der Waals surface area contributed by atoms with Crippen LogP contribution in [0.25, 0.3) is 0 Å². The molecular weight excluding hydrogens is 348 g/mol. The molecule has 0 N–H and O–H groups in total. The number of nitrogens with zero attached hydrogens (tertiary/aromatic N) is 2. The maximum Gasteiger partial charge on any atom is 0.269 e. The lowest BCUT2D eigenvalue weighted by Gasteiger charge is -2.36. The average Bonchev–Trinajstić information content (AvgIpc) is 2.68. The van der Waals surface area contributed by atoms with Crippen molar-refractivity contribution in [3.8, 4) is 0 Å². The van der Waals surface area contributed by atoms with Crippen molar-refractivity contribution in [2.45, 2.75) is 10.3 Å². The highest BCUT2D eigenvalue weighted by molar-refractivity contribution is 7.99. The molecule has 6 heteroatoms. The lowest BCUT2D eigenvalue weighted by molar-refractivity contribution is -0.384. The average molecular weight is 362 g/mol. The zero-order valence-electron chi connectivity index (χ0n) is 13.6. The molecule has 1 aliphatic rings. The molecule has 0 fully saturated rings. The molecule has 5 nitrogen and oxygen atoms in total. The number of carbonyl (C=O) groups excluding carboxylic acids is 1. The van der Waals surface area contributed by atoms with Gasteiger partial charge < -0.3 is 0 Å². The van der Waals surface area contributed by atoms with Crippen molar-refractivity contribution in [2.24, 2.45) is 0 Å². The number of nitro groups is 1. The third-order valence-electron chi connectivity index (χ3n) is 4.23. The number of para-hydroxylation sites is 1. The van der Waals surface area contributed by atoms with Gasteiger partial charge >= 0.3 is 0 Å². The number of benzene rings is 3. The van der Waals surface area contributed by atoms with Crippen LogP contribution in [0.1, 0.15) is 21.3 Å². The smallest absolute Gasteiger partial charge is 0.269 e. The summed E-state index contributed by atoms with van der Waals surface area (Å²) >= 11 is 1.57. The zero-order chi connectivity index (χ0) is 18.1. The van der Waals surface area contributed by atoms with Gasteiger partial charge in [-0.2, -0.15) is 0 Å². The van der Waals surface area contributed by atoms with Crippen LogP contribution in [0.4, 0.5) is 11.4 Å². The standard InChI is InChI=1S/C20H14N2O3S/c23-19-17-8-4-5-9-18(17)26-20(21(19)15-6-2-1-3-7-15)14-10-12-16(13-11-14)22(24)25/h1-13,20H. The highest BCUT2D eigenvalue weighted by atomic mass is 32.2. The Hall–Kier alpha value is -3.12. The Morgan fingerprint density at radius 2 is 1.54 bits per heavy atom. The number of nitro benzene ring substituents is 1. The Kier molecular flexibility index (Phi) is 4.18. The van der Waals surface area contributed by atoms with Gasteiger partial charge in [-0.05, 0) is 42.0 Å². The SMILES string of the molecule is O=C1c2ccccc2SC(c2ccc([N+](=O)[O-])cc2)N1c1ccccc1. The maximum atomic E-state index is 13.2. The molecule has 1 heterocycles. The van der Waals surface area contributed by atoms with Gasteiger partial charge in [0.25, 0.3) is 11.6 Å². The Morgan fingerprint density at radius 1 is 0.885 bits per heavy atom. The monoisotopic (exact) mass is 362 g/mol. The van der Waals surface area contributed by atoms with Gasteiger partial charge in [-0.3, -0.25) is 19.8 Å². The number of hydrogen-bond acceptors (Lipinski definition) is 4. The minimum atomic E-state index is -0.423. The molecule has 0 aliphatic carbocycles. The first-order valence-electron chi connectivity index (χ1n) is 8.04. The summed E-state index contributed by atoms with van der Waals surface area (Å²) in [6.07, 6.45) is 0. The molecule has 26 heavy (non-hydrogen) atoms. The van der Waals surface area contributed by atoms with Crippen LogP contribution < -0.4 is 4.90 Å². The fourth-order valence-corrected chi connectivity index (χ4v) is 4.27. The molecule has 0 saturated carbocycles. The zero-order valence-corrected chi connectivity index (χ0v) is 14.4. The molecule has 128 valence electrons. The molecule has 0 aromatic heterocycles. The van der Waals surface area contributed by atoms with Gasteiger partial charge in [-0.15, -0.1) is 0 Å². The molecule has 3 aromatic rings. The van der Waals surface area contributed by atoms with Crippen LogP contribution in [0.5, 0.6) is 0 Å². The number of anilines is 1. The molecule has 3 aromatic carbocycles. The minimum absolute atomic E-state index is 0.0348. The van der Waals surface area contributed by atoms with E-state index >= 15 is 0 Å². The van der Waals surface area contributed by atoms with Gasteiger partial charge in [0.2, 0.25) is 0 Å². The van der Waals surface area contributed by atoms with Gasteiger partial charge in [-0.1, -0.05) is 42.1 Å². The molecule has 0 bridgehead atoms. The quantitative estimate of drug-likeness (QED) is 0.483. The maximum absolute atomic E-state index is 13.2. The van der Waals surface area contributed by atoms with E-state index in [1.807, 2.05) is 54.6 Å². The van der Waals surface area contributed by atoms with E-state index in [0.717, 1.165) is 16.1 Å². The van der Waals surface area contributed by atoms with E-state index in [1.54, 1.807) is 28.8 Å². The highest BCUT2D eigenvalue weighted by Crippen LogP contribution is 2.46. The first-order chi connectivity index (χ1) is 12.6. The molecule has 4 rings (SSSR count). The Bertz CT molecular complexity index is 974. The van der Waals surface area contributed by atoms with Crippen molar-refractivity contribution in [2.75, 3.05) is 4.90 Å². The van der Waals surface area contributed by atoms with E-state index in [0.29, 0.717) is 5.56 Å². The number of amides is 1. The summed E-state index contributed by atoms with van der Waals surface area (Å²) < 4.78 is 0. The first kappa shape index (κ1) is 16.4. The van der Waals surface area contributed by atoms with Crippen molar-refractivity contribution < 1.29 is 9.72 Å². The molecule has 0 saturated heterocycles. The summed E-state index contributed by atoms with van der Waals surface area (Å²) in [7, 11) is 0. The van der Waals surface area contributed by atoms with Crippen LogP contribution in [0, 0.1) is 10.1 Å². The third kappa shape index (κ3) is 2.84. The number of hydrogen-bond donors (Lipinski definition) is 0. The van der Waals surface area contributed by atoms with Gasteiger partial charge in [0.05, 0.1) is 10.5 Å². The normalized spacial score (nSPS) is 16.2. The summed E-state index contributed by atoms with van der Waals surface area (Å²) in [5, 5.41) is 10.6. The minimum Gasteiger partial charge on any atom is -0.291 e. The Labute approximate surface area is 154 Å². The first-order valence-corrected chi connectivity index (χ1v) is 8.92. The molecular formula is C20H14N2O3S. The number of rotatable bonds is 3. The van der Waals surface area contributed by atoms with Crippen LogP contribution in [0.3, 0.4) is 0 Å². The lowest BCUT2D eigenvalue weighted by atomic mass is 10.1. The van der Waals surface area contributed by atoms with Gasteiger partial charge in [0.15, 0.2) is 0 Å². The molecule has 1 unspecified atom stereocenters. The highest BCUT2D eigenvalue weighted by Gasteiger charge is 2.35. The predicted octanol–water partition coefficient (Wildman–Crippen LogP) is 5.05. The number of non-ortho nitro benzene ring substituents is 1. The summed E-state index contributed by atoms with van der Waals surface area (Å²) in [5.41, 5.74) is 2.34. The number of fused-ring (bicyclic) bond motifs is 1. The van der Waals surface area contributed by atoms with E-state index in [2.05, 4.69) is 0 Å². The topological polar surface area (TPSA) is 63.4 Å². The Balaban J connectivity index is 1.82. The van der Waals surface area contributed by atoms with Gasteiger partial charge in [0.1, 0.15) is 5.37 Å². The van der Waals surface area contributed by atoms with Crippen LogP contribution >= 0.6 is 11.8 Å². The van der Waals surface area contributed by atoms with Crippen molar-refractivity contribution in [3.05, 3.63) is 100 Å². The lowest BCUT2D eigenvalue weighted by Crippen LogP contribution is -2.36. The third-order valence-corrected chi connectivity index (χ3v) is 5.55. The molecule has 1 atom stereocenters. The molecule has 0 spiro atoms. The van der Waals surface area contributed by atoms with Gasteiger partial charge in [-0.25, -0.2) is 0 Å². The van der Waals surface area contributed by atoms with Crippen LogP contribution in [0.15, 0.2) is 83.8 Å². The summed E-state index contributed by atoms with van der Waals surface area (Å²) in [6, 6.07) is 23.4. The Morgan fingerprint density at radius 3 is 2.23 bits per heavy atom. The van der Waals surface area contributed by atoms with E-state index in [1.165, 1.54) is 12.1 Å². The van der Waals surface area contributed by atoms with Crippen molar-refractivity contribution >= 4 is 29.0 Å². The van der Waals surface area contributed by atoms with Crippen LogP contribution in [0.2, 0.25) is 0 Å². The van der Waals surface area contributed by atoms with Gasteiger partial charge in [0, 0.05) is 22.7 Å². The molecule has 1 aliphatic heterocycles. The largest absolute Gasteiger partial charge is 0.291 e. The van der Waals surface area contributed by atoms with Crippen molar-refractivity contribution in [3.63, 3.8) is 0 Å². The van der Waals surface area contributed by atoms with Crippen LogP contribution in [-0.2, 0) is 0 Å². The summed E-state index contributed by atoms with van der Waals surface area (Å²) in [5.74, 6) is -0.0751. The second kappa shape index (κ2) is 6.65. The number of carbonyl (C=O) groups is 1. The van der Waals surface area contributed by atoms with Crippen LogP contribution in [-0.4, -0.2) is 10.8 Å². The fourth-order valence-electron chi connectivity index (χ4n) is 2.97. The second-order valence-corrected chi connectivity index (χ2v) is 6.95. The van der Waals surface area contributed by atoms with E-state index in [4.69, 9.17) is 0 Å². The fraction of sp³-hybridized carbons (Fsp3) is 0.0500. The summed E-state index contributed by atoms with van der Waals surface area (Å²) in [4.78, 5) is 26.3. The van der Waals surface area contributed by atoms with E-state index in [9.17, 15) is 14.9 Å². The molecule has 0 radical (unpaired) electrons. The number of thioether (sulfide) groups is 1. The second-order valence-electron chi connectivity index (χ2n) is 5.83. The van der Waals surface area contributed by atoms with Crippen molar-refractivity contribution in [1.82, 2.24) is 0 Å².